The van der Waals surface area contributed by atoms with Crippen LogP contribution in [0.1, 0.15) is 36.5 Å². The summed E-state index contributed by atoms with van der Waals surface area (Å²) in [5, 5.41) is 11.3. The molecule has 1 amide bonds. The van der Waals surface area contributed by atoms with Gasteiger partial charge in [-0.25, -0.2) is 12.7 Å². The van der Waals surface area contributed by atoms with Crippen LogP contribution >= 0.6 is 11.8 Å². The fourth-order valence-corrected chi connectivity index (χ4v) is 3.50. The van der Waals surface area contributed by atoms with Crippen molar-refractivity contribution in [3.63, 3.8) is 0 Å². The number of amides is 1. The van der Waals surface area contributed by atoms with Gasteiger partial charge in [0.1, 0.15) is 0 Å². The first-order valence-electron chi connectivity index (χ1n) is 8.04. The third kappa shape index (κ3) is 5.05. The van der Waals surface area contributed by atoms with Crippen molar-refractivity contribution in [1.29, 1.82) is 0 Å². The molecule has 1 N–H and O–H groups in total. The van der Waals surface area contributed by atoms with Gasteiger partial charge in [-0.05, 0) is 30.7 Å². The van der Waals surface area contributed by atoms with Crippen LogP contribution in [-0.2, 0) is 16.6 Å². The van der Waals surface area contributed by atoms with Crippen LogP contribution in [0.25, 0.3) is 0 Å². The zero-order chi connectivity index (χ0) is 19.3. The van der Waals surface area contributed by atoms with E-state index in [1.54, 1.807) is 0 Å². The van der Waals surface area contributed by atoms with E-state index in [-0.39, 0.29) is 17.3 Å². The normalized spacial score (nSPS) is 13.0. The van der Waals surface area contributed by atoms with Gasteiger partial charge in [0.15, 0.2) is 0 Å². The van der Waals surface area contributed by atoms with E-state index in [1.807, 2.05) is 0 Å². The lowest BCUT2D eigenvalue weighted by molar-refractivity contribution is 0.0946. The number of nitrogens with one attached hydrogen (secondary N) is 1. The van der Waals surface area contributed by atoms with E-state index in [1.165, 1.54) is 50.1 Å². The standard InChI is InChI=1S/C16H22N4O4S2/c1-5-11(2)25-16-19-18-14(24-16)10-17-15(21)12-6-8-13(9-7-12)26(22,23)20(3)4/h6-9,11H,5,10H2,1-4H3,(H,17,21)/t11-/m1/s1. The largest absolute Gasteiger partial charge is 0.414 e. The Morgan fingerprint density at radius 3 is 2.50 bits per heavy atom. The number of thioether (sulfide) groups is 1. The van der Waals surface area contributed by atoms with Gasteiger partial charge in [0.2, 0.25) is 15.9 Å². The lowest BCUT2D eigenvalue weighted by Crippen LogP contribution is -2.24. The lowest BCUT2D eigenvalue weighted by atomic mass is 10.2. The number of hydrogen-bond acceptors (Lipinski definition) is 7. The second-order valence-corrected chi connectivity index (χ2v) is 9.33. The molecule has 0 aliphatic heterocycles. The minimum atomic E-state index is -3.52. The molecule has 0 bridgehead atoms. The molecule has 1 heterocycles. The zero-order valence-electron chi connectivity index (χ0n) is 15.1. The molecule has 0 saturated heterocycles. The van der Waals surface area contributed by atoms with Crippen molar-refractivity contribution in [3.05, 3.63) is 35.7 Å². The highest BCUT2D eigenvalue weighted by molar-refractivity contribution is 7.99. The summed E-state index contributed by atoms with van der Waals surface area (Å²) in [6, 6.07) is 5.73. The molecule has 0 fully saturated rings. The van der Waals surface area contributed by atoms with Crippen molar-refractivity contribution >= 4 is 27.7 Å². The summed E-state index contributed by atoms with van der Waals surface area (Å²) in [4.78, 5) is 12.3. The van der Waals surface area contributed by atoms with E-state index in [0.717, 1.165) is 10.7 Å². The van der Waals surface area contributed by atoms with Crippen LogP contribution < -0.4 is 5.32 Å². The smallest absolute Gasteiger partial charge is 0.276 e. The van der Waals surface area contributed by atoms with E-state index in [9.17, 15) is 13.2 Å². The predicted molar refractivity (Wildman–Crippen MR) is 98.4 cm³/mol. The van der Waals surface area contributed by atoms with Crippen LogP contribution in [0.3, 0.4) is 0 Å². The average molecular weight is 399 g/mol. The summed E-state index contributed by atoms with van der Waals surface area (Å²) in [6.45, 7) is 4.24. The maximum atomic E-state index is 12.2. The topological polar surface area (TPSA) is 105 Å². The molecule has 1 aromatic carbocycles. The highest BCUT2D eigenvalue weighted by atomic mass is 32.2. The summed E-state index contributed by atoms with van der Waals surface area (Å²) >= 11 is 1.49. The minimum absolute atomic E-state index is 0.102. The van der Waals surface area contributed by atoms with Gasteiger partial charge in [-0.15, -0.1) is 10.2 Å². The Bertz CT molecular complexity index is 847. The van der Waals surface area contributed by atoms with Gasteiger partial charge in [0.05, 0.1) is 11.4 Å². The van der Waals surface area contributed by atoms with Gasteiger partial charge < -0.3 is 9.73 Å². The second kappa shape index (κ2) is 8.65. The molecule has 0 aliphatic rings. The van der Waals surface area contributed by atoms with Crippen LogP contribution in [0.2, 0.25) is 0 Å². The quantitative estimate of drug-likeness (QED) is 0.679. The van der Waals surface area contributed by atoms with E-state index in [2.05, 4.69) is 29.4 Å². The summed E-state index contributed by atoms with van der Waals surface area (Å²) in [5.74, 6) is -0.0379. The Kier molecular flexibility index (Phi) is 6.79. The molecule has 8 nitrogen and oxygen atoms in total. The molecule has 142 valence electrons. The highest BCUT2D eigenvalue weighted by Gasteiger charge is 2.18. The number of sulfonamides is 1. The summed E-state index contributed by atoms with van der Waals surface area (Å²) in [7, 11) is -0.613. The summed E-state index contributed by atoms with van der Waals surface area (Å²) in [6.07, 6.45) is 0.985. The van der Waals surface area contributed by atoms with Gasteiger partial charge >= 0.3 is 0 Å². The van der Waals surface area contributed by atoms with Crippen molar-refractivity contribution in [2.24, 2.45) is 0 Å². The Labute approximate surface area is 157 Å². The van der Waals surface area contributed by atoms with E-state index in [4.69, 9.17) is 4.42 Å². The Morgan fingerprint density at radius 2 is 1.92 bits per heavy atom. The Morgan fingerprint density at radius 1 is 1.27 bits per heavy atom. The van der Waals surface area contributed by atoms with Crippen molar-refractivity contribution in [3.8, 4) is 0 Å². The number of rotatable bonds is 8. The molecule has 0 radical (unpaired) electrons. The molecule has 1 atom stereocenters. The fourth-order valence-electron chi connectivity index (χ4n) is 1.86. The third-order valence-electron chi connectivity index (χ3n) is 3.62. The van der Waals surface area contributed by atoms with Gasteiger partial charge in [-0.2, -0.15) is 0 Å². The lowest BCUT2D eigenvalue weighted by Gasteiger charge is -2.11. The van der Waals surface area contributed by atoms with Crippen LogP contribution in [0, 0.1) is 0 Å². The molecule has 0 aliphatic carbocycles. The maximum Gasteiger partial charge on any atom is 0.276 e. The second-order valence-electron chi connectivity index (χ2n) is 5.79. The first-order chi connectivity index (χ1) is 12.2. The third-order valence-corrected chi connectivity index (χ3v) is 6.55. The summed E-state index contributed by atoms with van der Waals surface area (Å²) < 4.78 is 30.6. The number of benzene rings is 1. The first kappa shape index (κ1) is 20.4. The number of carbonyl (C=O) groups is 1. The molecule has 10 heteroatoms. The molecule has 1 aromatic heterocycles. The van der Waals surface area contributed by atoms with Crippen LogP contribution in [0.5, 0.6) is 0 Å². The van der Waals surface area contributed by atoms with Gasteiger partial charge in [-0.1, -0.05) is 25.6 Å². The summed E-state index contributed by atoms with van der Waals surface area (Å²) in [5.41, 5.74) is 0.344. The van der Waals surface area contributed by atoms with Crippen molar-refractivity contribution < 1.29 is 17.6 Å². The van der Waals surface area contributed by atoms with Crippen LogP contribution in [0.4, 0.5) is 0 Å². The predicted octanol–water partition coefficient (Wildman–Crippen LogP) is 2.14. The SMILES string of the molecule is CC[C@@H](C)Sc1nnc(CNC(=O)c2ccc(S(=O)(=O)N(C)C)cc2)o1. The van der Waals surface area contributed by atoms with E-state index >= 15 is 0 Å². The molecule has 0 spiro atoms. The first-order valence-corrected chi connectivity index (χ1v) is 10.4. The number of nitrogens with zero attached hydrogens (tertiary/aromatic N) is 3. The van der Waals surface area contributed by atoms with Crippen LogP contribution in [0.15, 0.2) is 38.8 Å². The Hall–Kier alpha value is -1.91. The Balaban J connectivity index is 1.96. The van der Waals surface area contributed by atoms with Gasteiger partial charge in [0, 0.05) is 24.9 Å². The zero-order valence-corrected chi connectivity index (χ0v) is 16.7. The molecule has 2 aromatic rings. The van der Waals surface area contributed by atoms with Crippen molar-refractivity contribution in [2.75, 3.05) is 14.1 Å². The van der Waals surface area contributed by atoms with Crippen LogP contribution in [-0.4, -0.2) is 48.2 Å². The number of aromatic nitrogens is 2. The van der Waals surface area contributed by atoms with E-state index < -0.39 is 10.0 Å². The molecular weight excluding hydrogens is 376 g/mol. The van der Waals surface area contributed by atoms with Gasteiger partial charge in [-0.3, -0.25) is 4.79 Å². The molecule has 2 rings (SSSR count). The number of hydrogen-bond donors (Lipinski definition) is 1. The molecule has 0 saturated carbocycles. The maximum absolute atomic E-state index is 12.2. The molecule has 0 unspecified atom stereocenters. The highest BCUT2D eigenvalue weighted by Crippen LogP contribution is 2.23. The fraction of sp³-hybridized carbons (Fsp3) is 0.438. The van der Waals surface area contributed by atoms with E-state index in [0.29, 0.717) is 21.9 Å². The average Bonchev–Trinajstić information content (AvgIpc) is 3.06. The molecular formula is C16H22N4O4S2. The number of carbonyl (C=O) groups excluding carboxylic acids is 1. The van der Waals surface area contributed by atoms with Gasteiger partial charge in [0.25, 0.3) is 11.1 Å². The van der Waals surface area contributed by atoms with Crippen molar-refractivity contribution in [1.82, 2.24) is 19.8 Å². The molecule has 26 heavy (non-hydrogen) atoms. The monoisotopic (exact) mass is 398 g/mol. The minimum Gasteiger partial charge on any atom is -0.414 e. The van der Waals surface area contributed by atoms with Crippen molar-refractivity contribution in [2.45, 2.75) is 42.2 Å².